The third-order valence-corrected chi connectivity index (χ3v) is 3.22. The van der Waals surface area contributed by atoms with E-state index in [2.05, 4.69) is 0 Å². The molecule has 4 heteroatoms. The van der Waals surface area contributed by atoms with Crippen LogP contribution in [0.4, 0.5) is 0 Å². The molecule has 0 atom stereocenters. The molecule has 0 aliphatic carbocycles. The first-order valence-electron chi connectivity index (χ1n) is 5.65. The summed E-state index contributed by atoms with van der Waals surface area (Å²) in [5.74, 6) is 0.337. The number of ether oxygens (including phenoxy) is 1. The monoisotopic (exact) mass is 256 g/mol. The van der Waals surface area contributed by atoms with Crippen molar-refractivity contribution < 1.29 is 14.6 Å². The minimum Gasteiger partial charge on any atom is -0.488 e. The average molecular weight is 257 g/mol. The van der Waals surface area contributed by atoms with E-state index in [0.29, 0.717) is 35.5 Å². The van der Waals surface area contributed by atoms with Crippen LogP contribution in [0.2, 0.25) is 5.02 Å². The Kier molecular flexibility index (Phi) is 4.97. The van der Waals surface area contributed by atoms with Crippen molar-refractivity contribution in [2.75, 3.05) is 6.61 Å². The van der Waals surface area contributed by atoms with E-state index in [1.165, 1.54) is 0 Å². The van der Waals surface area contributed by atoms with Gasteiger partial charge in [0.25, 0.3) is 0 Å². The Hall–Kier alpha value is -1.06. The molecule has 0 aliphatic rings. The summed E-state index contributed by atoms with van der Waals surface area (Å²) in [5.41, 5.74) is -0.480. The Morgan fingerprint density at radius 2 is 2.06 bits per heavy atom. The number of hydrogen-bond acceptors (Lipinski definition) is 3. The summed E-state index contributed by atoms with van der Waals surface area (Å²) in [6.45, 7) is 3.91. The molecular weight excluding hydrogens is 240 g/mol. The highest BCUT2D eigenvalue weighted by Gasteiger charge is 2.24. The second-order valence-electron chi connectivity index (χ2n) is 4.00. The summed E-state index contributed by atoms with van der Waals surface area (Å²) in [6, 6.07) is 4.97. The third-order valence-electron chi connectivity index (χ3n) is 2.93. The van der Waals surface area contributed by atoms with Crippen molar-refractivity contribution in [2.24, 2.45) is 0 Å². The second kappa shape index (κ2) is 6.03. The van der Waals surface area contributed by atoms with Crippen LogP contribution in [0.1, 0.15) is 37.0 Å². The van der Waals surface area contributed by atoms with E-state index >= 15 is 0 Å². The van der Waals surface area contributed by atoms with Crippen molar-refractivity contribution in [3.05, 3.63) is 28.8 Å². The molecule has 1 N–H and O–H groups in total. The highest BCUT2D eigenvalue weighted by Crippen LogP contribution is 2.29. The van der Waals surface area contributed by atoms with Crippen molar-refractivity contribution in [1.82, 2.24) is 0 Å². The van der Waals surface area contributed by atoms with Gasteiger partial charge in [-0.1, -0.05) is 31.5 Å². The molecule has 0 spiro atoms. The first-order valence-corrected chi connectivity index (χ1v) is 6.03. The van der Waals surface area contributed by atoms with Gasteiger partial charge in [-0.15, -0.1) is 0 Å². The Bertz CT molecular complexity index is 386. The fourth-order valence-corrected chi connectivity index (χ4v) is 1.67. The molecule has 0 fully saturated rings. The van der Waals surface area contributed by atoms with Gasteiger partial charge in [0.15, 0.2) is 6.29 Å². The summed E-state index contributed by atoms with van der Waals surface area (Å²) in [5, 5.41) is 10.5. The minimum atomic E-state index is -0.876. The molecule has 0 aliphatic heterocycles. The molecule has 94 valence electrons. The van der Waals surface area contributed by atoms with E-state index in [1.807, 2.05) is 13.8 Å². The van der Waals surface area contributed by atoms with Gasteiger partial charge in [-0.25, -0.2) is 0 Å². The maximum absolute atomic E-state index is 10.8. The van der Waals surface area contributed by atoms with Crippen LogP contribution in [0.25, 0.3) is 0 Å². The topological polar surface area (TPSA) is 46.5 Å². The van der Waals surface area contributed by atoms with Crippen molar-refractivity contribution in [3.63, 3.8) is 0 Å². The second-order valence-corrected chi connectivity index (χ2v) is 4.40. The van der Waals surface area contributed by atoms with Crippen LogP contribution in [-0.4, -0.2) is 23.6 Å². The Morgan fingerprint density at radius 1 is 1.41 bits per heavy atom. The first-order chi connectivity index (χ1) is 8.06. The number of hydrogen-bond donors (Lipinski definition) is 1. The van der Waals surface area contributed by atoms with Gasteiger partial charge in [0, 0.05) is 0 Å². The molecule has 0 saturated carbocycles. The highest BCUT2D eigenvalue weighted by atomic mass is 35.5. The lowest BCUT2D eigenvalue weighted by Gasteiger charge is -2.25. The molecule has 0 saturated heterocycles. The largest absolute Gasteiger partial charge is 0.488 e. The van der Waals surface area contributed by atoms with Crippen LogP contribution in [-0.2, 0) is 0 Å². The average Bonchev–Trinajstić information content (AvgIpc) is 2.36. The van der Waals surface area contributed by atoms with Crippen LogP contribution >= 0.6 is 11.6 Å². The van der Waals surface area contributed by atoms with Crippen molar-refractivity contribution in [2.45, 2.75) is 32.3 Å². The summed E-state index contributed by atoms with van der Waals surface area (Å²) < 4.78 is 5.49. The van der Waals surface area contributed by atoms with E-state index in [9.17, 15) is 9.90 Å². The van der Waals surface area contributed by atoms with Crippen LogP contribution in [0, 0.1) is 0 Å². The van der Waals surface area contributed by atoms with Gasteiger partial charge in [0.1, 0.15) is 12.4 Å². The summed E-state index contributed by atoms with van der Waals surface area (Å²) in [7, 11) is 0. The van der Waals surface area contributed by atoms with Gasteiger partial charge in [-0.2, -0.15) is 0 Å². The van der Waals surface area contributed by atoms with E-state index in [4.69, 9.17) is 16.3 Å². The third kappa shape index (κ3) is 3.45. The smallest absolute Gasteiger partial charge is 0.153 e. The van der Waals surface area contributed by atoms with Gasteiger partial charge >= 0.3 is 0 Å². The van der Waals surface area contributed by atoms with Gasteiger partial charge in [0.2, 0.25) is 0 Å². The Balaban J connectivity index is 2.85. The van der Waals surface area contributed by atoms with Crippen LogP contribution in [0.15, 0.2) is 18.2 Å². The van der Waals surface area contributed by atoms with Gasteiger partial charge in [-0.3, -0.25) is 4.79 Å². The zero-order chi connectivity index (χ0) is 12.9. The normalized spacial score (nSPS) is 11.3. The number of carbonyl (C=O) groups excluding carboxylic acids is 1. The SMILES string of the molecule is CCC(O)(CC)COc1c(Cl)cccc1C=O. The predicted molar refractivity (Wildman–Crippen MR) is 67.9 cm³/mol. The number of para-hydroxylation sites is 1. The summed E-state index contributed by atoms with van der Waals surface area (Å²) in [4.78, 5) is 10.8. The predicted octanol–water partition coefficient (Wildman–Crippen LogP) is 3.08. The van der Waals surface area contributed by atoms with Crippen LogP contribution in [0.3, 0.4) is 0 Å². The molecule has 1 aromatic carbocycles. The first kappa shape index (κ1) is 14.0. The standard InChI is InChI=1S/C13H17ClO3/c1-3-13(16,4-2)9-17-12-10(8-15)6-5-7-11(12)14/h5-8,16H,3-4,9H2,1-2H3. The molecule has 1 aromatic rings. The number of aliphatic hydroxyl groups is 1. The highest BCUT2D eigenvalue weighted by molar-refractivity contribution is 6.32. The molecule has 1 rings (SSSR count). The Labute approximate surface area is 106 Å². The molecule has 3 nitrogen and oxygen atoms in total. The summed E-state index contributed by atoms with van der Waals surface area (Å²) >= 11 is 5.96. The number of carbonyl (C=O) groups is 1. The van der Waals surface area contributed by atoms with E-state index in [0.717, 1.165) is 0 Å². The lowest BCUT2D eigenvalue weighted by molar-refractivity contribution is -0.0114. The number of benzene rings is 1. The van der Waals surface area contributed by atoms with Crippen LogP contribution < -0.4 is 4.74 Å². The van der Waals surface area contributed by atoms with Crippen LogP contribution in [0.5, 0.6) is 5.75 Å². The molecule has 0 unspecified atom stereocenters. The summed E-state index contributed by atoms with van der Waals surface area (Å²) in [6.07, 6.45) is 1.87. The Morgan fingerprint density at radius 3 is 2.59 bits per heavy atom. The van der Waals surface area contributed by atoms with E-state index < -0.39 is 5.60 Å². The maximum atomic E-state index is 10.8. The molecule has 0 radical (unpaired) electrons. The maximum Gasteiger partial charge on any atom is 0.153 e. The fraction of sp³-hybridized carbons (Fsp3) is 0.462. The lowest BCUT2D eigenvalue weighted by Crippen LogP contribution is -2.34. The number of rotatable bonds is 6. The number of halogens is 1. The number of aldehydes is 1. The van der Waals surface area contributed by atoms with Gasteiger partial charge in [-0.05, 0) is 25.0 Å². The molecule has 0 aromatic heterocycles. The van der Waals surface area contributed by atoms with E-state index in [-0.39, 0.29) is 6.61 Å². The minimum absolute atomic E-state index is 0.130. The zero-order valence-electron chi connectivity index (χ0n) is 10.1. The zero-order valence-corrected chi connectivity index (χ0v) is 10.8. The molecule has 17 heavy (non-hydrogen) atoms. The molecular formula is C13H17ClO3. The van der Waals surface area contributed by atoms with Crippen molar-refractivity contribution in [3.8, 4) is 5.75 Å². The quantitative estimate of drug-likeness (QED) is 0.796. The molecule has 0 amide bonds. The fourth-order valence-electron chi connectivity index (χ4n) is 1.43. The van der Waals surface area contributed by atoms with Gasteiger partial charge in [0.05, 0.1) is 16.2 Å². The van der Waals surface area contributed by atoms with Crippen molar-refractivity contribution >= 4 is 17.9 Å². The molecule has 0 bridgehead atoms. The van der Waals surface area contributed by atoms with Crippen molar-refractivity contribution in [1.29, 1.82) is 0 Å². The van der Waals surface area contributed by atoms with Gasteiger partial charge < -0.3 is 9.84 Å². The van der Waals surface area contributed by atoms with E-state index in [1.54, 1.807) is 18.2 Å². The molecule has 0 heterocycles. The lowest BCUT2D eigenvalue weighted by atomic mass is 9.99.